The highest BCUT2D eigenvalue weighted by Crippen LogP contribution is 2.34. The first kappa shape index (κ1) is 63.0. The van der Waals surface area contributed by atoms with Gasteiger partial charge in [0, 0.05) is 62.9 Å². The maximum Gasteiger partial charge on any atom is 0.276 e. The predicted molar refractivity (Wildman–Crippen MR) is 327 cm³/mol. The van der Waals surface area contributed by atoms with Gasteiger partial charge < -0.3 is 54.6 Å². The number of amides is 5. The van der Waals surface area contributed by atoms with Gasteiger partial charge in [0.25, 0.3) is 11.8 Å². The average molecular weight is 1200 g/mol. The van der Waals surface area contributed by atoms with E-state index >= 15 is 0 Å². The van der Waals surface area contributed by atoms with Crippen molar-refractivity contribution in [3.63, 3.8) is 0 Å². The lowest BCUT2D eigenvalue weighted by molar-refractivity contribution is -0.135. The van der Waals surface area contributed by atoms with Gasteiger partial charge in [-0.25, -0.2) is 15.9 Å². The first-order valence-electron chi connectivity index (χ1n) is 30.2. The Morgan fingerprint density at radius 2 is 1.29 bits per heavy atom. The molecule has 0 bridgehead atoms. The Labute approximate surface area is 505 Å². The van der Waals surface area contributed by atoms with Crippen LogP contribution in [0, 0.1) is 19.8 Å². The Kier molecular flexibility index (Phi) is 20.8. The van der Waals surface area contributed by atoms with E-state index in [1.807, 2.05) is 37.8 Å². The molecule has 2 aliphatic heterocycles. The van der Waals surface area contributed by atoms with Crippen LogP contribution >= 0.6 is 0 Å². The van der Waals surface area contributed by atoms with E-state index in [0.29, 0.717) is 115 Å². The number of methoxy groups -OCH3 is 1. The monoisotopic (exact) mass is 1200 g/mol. The van der Waals surface area contributed by atoms with E-state index in [1.165, 1.54) is 13.2 Å². The number of imidazole rings is 2. The number of primary amides is 2. The van der Waals surface area contributed by atoms with E-state index in [4.69, 9.17) is 41.9 Å². The van der Waals surface area contributed by atoms with E-state index in [2.05, 4.69) is 59.4 Å². The molecule has 5 amide bonds. The molecule has 9 rings (SSSR count). The SMILES string of the molecule is CCn1nc(C)cc1C(=O)Nc1nc2cc(C(N)=O)cc(OC)c2n1C/C=C/Cn1c(NC(=O)c2cc(C)nn2CC)nc2cc(C(N)=O)cc(OCCCN3CCC(c4nnc5n4CCN(C(=O)[C@H](CC(C)C)NCCCCCCON)C5)CC3)c21. The molecule has 2 aliphatic rings. The second-order valence-corrected chi connectivity index (χ2v) is 22.7. The van der Waals surface area contributed by atoms with Crippen molar-refractivity contribution in [3.8, 4) is 11.5 Å². The van der Waals surface area contributed by atoms with Crippen molar-refractivity contribution in [1.82, 2.24) is 68.5 Å². The number of benzene rings is 2. The summed E-state index contributed by atoms with van der Waals surface area (Å²) in [4.78, 5) is 85.8. The number of likely N-dealkylation sites (tertiary alicyclic amines) is 1. The van der Waals surface area contributed by atoms with Crippen LogP contribution in [0.1, 0.15) is 150 Å². The number of nitrogens with zero attached hydrogens (tertiary/aromatic N) is 13. The fraction of sp³-hybridized carbons (Fsp3) is 0.517. The second kappa shape index (κ2) is 28.8. The first-order chi connectivity index (χ1) is 42.0. The Morgan fingerprint density at radius 1 is 0.713 bits per heavy atom. The number of carbonyl (C=O) groups excluding carboxylic acids is 5. The van der Waals surface area contributed by atoms with E-state index in [0.717, 1.165) is 82.8 Å². The molecule has 0 unspecified atom stereocenters. The Bertz CT molecular complexity index is 3620. The number of aryl methyl sites for hydroxylation is 4. The third-order valence-corrected chi connectivity index (χ3v) is 16.0. The van der Waals surface area contributed by atoms with Gasteiger partial charge in [0.2, 0.25) is 29.6 Å². The number of aromatic nitrogens is 11. The number of hydrogen-bond donors (Lipinski definition) is 6. The number of fused-ring (bicyclic) bond motifs is 3. The lowest BCUT2D eigenvalue weighted by Gasteiger charge is -2.34. The van der Waals surface area contributed by atoms with Gasteiger partial charge in [-0.2, -0.15) is 10.2 Å². The molecule has 0 radical (unpaired) electrons. The van der Waals surface area contributed by atoms with Gasteiger partial charge in [-0.1, -0.05) is 38.8 Å². The molecule has 27 heteroatoms. The van der Waals surface area contributed by atoms with Crippen LogP contribution in [0.4, 0.5) is 11.9 Å². The zero-order valence-electron chi connectivity index (χ0n) is 51.0. The number of unbranched alkanes of at least 4 members (excludes halogenated alkanes) is 3. The van der Waals surface area contributed by atoms with E-state index in [9.17, 15) is 24.0 Å². The molecule has 0 spiro atoms. The lowest BCUT2D eigenvalue weighted by Crippen LogP contribution is -2.49. The summed E-state index contributed by atoms with van der Waals surface area (Å²) in [5, 5.41) is 27.7. The highest BCUT2D eigenvalue weighted by atomic mass is 16.6. The maximum absolute atomic E-state index is 14.1. The predicted octanol–water partition coefficient (Wildman–Crippen LogP) is 5.44. The quantitative estimate of drug-likeness (QED) is 0.0185. The molecule has 7 heterocycles. The topological polar surface area (TPSA) is 336 Å². The minimum atomic E-state index is -0.676. The summed E-state index contributed by atoms with van der Waals surface area (Å²) < 4.78 is 21.3. The summed E-state index contributed by atoms with van der Waals surface area (Å²) in [6, 6.07) is 9.39. The van der Waals surface area contributed by atoms with Gasteiger partial charge in [-0.3, -0.25) is 44.0 Å². The molecule has 1 atom stereocenters. The number of allylic oxidation sites excluding steroid dienone is 2. The minimum Gasteiger partial charge on any atom is -0.494 e. The molecular weight excluding hydrogens is 1110 g/mol. The van der Waals surface area contributed by atoms with Crippen LogP contribution in [0.15, 0.2) is 48.6 Å². The van der Waals surface area contributed by atoms with Crippen molar-refractivity contribution in [1.29, 1.82) is 0 Å². The van der Waals surface area contributed by atoms with Gasteiger partial charge >= 0.3 is 0 Å². The van der Waals surface area contributed by atoms with Crippen LogP contribution in [0.3, 0.4) is 0 Å². The second-order valence-electron chi connectivity index (χ2n) is 22.7. The lowest BCUT2D eigenvalue weighted by atomic mass is 9.95. The summed E-state index contributed by atoms with van der Waals surface area (Å²) in [5.41, 5.74) is 15.7. The molecule has 1 saturated heterocycles. The summed E-state index contributed by atoms with van der Waals surface area (Å²) >= 11 is 0. The smallest absolute Gasteiger partial charge is 0.276 e. The molecule has 7 aromatic rings. The minimum absolute atomic E-state index is 0.118. The van der Waals surface area contributed by atoms with Gasteiger partial charge in [0.05, 0.1) is 55.3 Å². The van der Waals surface area contributed by atoms with Crippen molar-refractivity contribution in [2.24, 2.45) is 23.3 Å². The standard InChI is InChI=1S/C60H83N19O8/c1-8-78-46(30-38(5)71-78)56(82)67-59-65-43-32-41(53(61)80)34-48(85-7)51(43)76(59)21-13-14-22-77-52-44(66-60(77)68-57(83)47-31-39(6)72-79(47)9-2)33-42(54(62)81)35-49(52)86-27-16-20-73-23-17-40(18-24-73)55-70-69-50-36-74(25-26-75(50)55)58(84)45(29-37(3)4)64-19-12-10-11-15-28-87-63/h13-14,30-35,37,40,45,64H,8-12,15-29,36,63H2,1-7H3,(H2,61,80)(H2,62,81)(H,65,67,82)(H,66,68,83)/b14-13+/t45-/m0/s1. The Morgan fingerprint density at radius 3 is 1.84 bits per heavy atom. The molecule has 5 aromatic heterocycles. The molecule has 9 N–H and O–H groups in total. The zero-order chi connectivity index (χ0) is 61.9. The Balaban J connectivity index is 0.893. The van der Waals surface area contributed by atoms with E-state index in [1.54, 1.807) is 55.8 Å². The molecule has 0 saturated carbocycles. The fourth-order valence-corrected chi connectivity index (χ4v) is 11.6. The largest absolute Gasteiger partial charge is 0.494 e. The van der Waals surface area contributed by atoms with Crippen molar-refractivity contribution >= 4 is 63.5 Å². The van der Waals surface area contributed by atoms with Gasteiger partial charge in [-0.05, 0) is 128 Å². The average Bonchev–Trinajstić information content (AvgIpc) is 2.23. The van der Waals surface area contributed by atoms with Crippen LogP contribution < -0.4 is 42.8 Å². The van der Waals surface area contributed by atoms with Crippen LogP contribution in [-0.4, -0.2) is 152 Å². The number of nitrogens with one attached hydrogen (secondary N) is 3. The molecule has 466 valence electrons. The van der Waals surface area contributed by atoms with E-state index < -0.39 is 23.6 Å². The summed E-state index contributed by atoms with van der Waals surface area (Å²) in [5.74, 6) is 6.46. The third kappa shape index (κ3) is 14.8. The molecule has 0 aliphatic carbocycles. The van der Waals surface area contributed by atoms with Gasteiger partial charge in [-0.15, -0.1) is 10.2 Å². The maximum atomic E-state index is 14.1. The number of piperidine rings is 1. The van der Waals surface area contributed by atoms with Crippen LogP contribution in [-0.2, 0) is 48.9 Å². The first-order valence-corrected chi connectivity index (χ1v) is 30.2. The summed E-state index contributed by atoms with van der Waals surface area (Å²) in [6.07, 6.45) is 11.0. The molecule has 27 nitrogen and oxygen atoms in total. The molecular formula is C60H83N19O8. The van der Waals surface area contributed by atoms with Crippen molar-refractivity contribution in [3.05, 3.63) is 94.1 Å². The van der Waals surface area contributed by atoms with E-state index in [-0.39, 0.29) is 54.0 Å². The molecule has 2 aromatic carbocycles. The van der Waals surface area contributed by atoms with Gasteiger partial charge in [0.15, 0.2) is 5.82 Å². The van der Waals surface area contributed by atoms with Crippen LogP contribution in [0.5, 0.6) is 11.5 Å². The number of nitrogens with two attached hydrogens (primary N) is 3. The number of carbonyl (C=O) groups is 5. The highest BCUT2D eigenvalue weighted by molar-refractivity contribution is 6.05. The number of hydrogen-bond acceptors (Lipinski definition) is 17. The number of ether oxygens (including phenoxy) is 2. The zero-order valence-corrected chi connectivity index (χ0v) is 51.0. The molecule has 87 heavy (non-hydrogen) atoms. The fourth-order valence-electron chi connectivity index (χ4n) is 11.6. The van der Waals surface area contributed by atoms with Crippen LogP contribution in [0.25, 0.3) is 22.1 Å². The molecule has 1 fully saturated rings. The van der Waals surface area contributed by atoms with Crippen LogP contribution in [0.2, 0.25) is 0 Å². The van der Waals surface area contributed by atoms with Crippen molar-refractivity contribution < 1.29 is 38.3 Å². The highest BCUT2D eigenvalue weighted by Gasteiger charge is 2.33. The van der Waals surface area contributed by atoms with Crippen molar-refractivity contribution in [2.45, 2.75) is 144 Å². The number of anilines is 2. The van der Waals surface area contributed by atoms with Gasteiger partial charge in [0.1, 0.15) is 39.7 Å². The Hall–Kier alpha value is -8.53. The summed E-state index contributed by atoms with van der Waals surface area (Å²) in [6.45, 7) is 18.7. The van der Waals surface area contributed by atoms with Crippen molar-refractivity contribution in [2.75, 3.05) is 63.7 Å². The number of rotatable bonds is 30. The third-order valence-electron chi connectivity index (χ3n) is 16.0. The normalized spacial score (nSPS) is 14.4. The summed E-state index contributed by atoms with van der Waals surface area (Å²) in [7, 11) is 1.47.